The summed E-state index contributed by atoms with van der Waals surface area (Å²) in [5, 5.41) is 1.21. The van der Waals surface area contributed by atoms with E-state index in [9.17, 15) is 9.18 Å². The second kappa shape index (κ2) is 12.9. The van der Waals surface area contributed by atoms with Crippen LogP contribution < -0.4 is 16.0 Å². The molecule has 2 fully saturated rings. The van der Waals surface area contributed by atoms with Gasteiger partial charge in [-0.15, -0.1) is 0 Å². The summed E-state index contributed by atoms with van der Waals surface area (Å²) in [5.74, 6) is -0.266. The van der Waals surface area contributed by atoms with Gasteiger partial charge in [-0.3, -0.25) is 9.36 Å². The molecule has 0 atom stereocenters. The zero-order chi connectivity index (χ0) is 27.2. The van der Waals surface area contributed by atoms with Crippen LogP contribution in [-0.4, -0.2) is 44.8 Å². The van der Waals surface area contributed by atoms with Crippen LogP contribution in [0.25, 0.3) is 22.2 Å². The third kappa shape index (κ3) is 6.86. The standard InChI is InChI=1S/C21H24FN5OS.C8H17N/c1-12(2)27-19-14(11-24-21(23)25-19)9-16(20(27)28)13-7-8-18(17(22)10-13)26-29-15-5-3-4-6-15;1-9(2)8-6-4-3-5-7-8/h7-12,15,26H,3-6H2,1-2H3,(H2,23,24,25);8H,3-7H2,1-2H3. The van der Waals surface area contributed by atoms with Gasteiger partial charge in [0.05, 0.1) is 5.69 Å². The molecule has 2 aliphatic rings. The molecule has 3 N–H and O–H groups in total. The number of fused-ring (bicyclic) bond motifs is 1. The topological polar surface area (TPSA) is 89.1 Å². The number of halogens is 1. The molecule has 0 saturated heterocycles. The van der Waals surface area contributed by atoms with E-state index in [2.05, 4.69) is 33.7 Å². The molecular formula is C29H41FN6OS. The van der Waals surface area contributed by atoms with E-state index in [1.165, 1.54) is 51.0 Å². The van der Waals surface area contributed by atoms with E-state index in [0.717, 1.165) is 18.9 Å². The Labute approximate surface area is 229 Å². The average Bonchev–Trinajstić information content (AvgIpc) is 3.42. The largest absolute Gasteiger partial charge is 0.368 e. The number of benzene rings is 1. The number of aromatic nitrogens is 3. The molecule has 1 aromatic carbocycles. The lowest BCUT2D eigenvalue weighted by Gasteiger charge is -2.27. The zero-order valence-corrected chi connectivity index (χ0v) is 23.9. The summed E-state index contributed by atoms with van der Waals surface area (Å²) in [6.07, 6.45) is 13.6. The van der Waals surface area contributed by atoms with Crippen LogP contribution in [0.1, 0.15) is 77.7 Å². The zero-order valence-electron chi connectivity index (χ0n) is 23.0. The Kier molecular flexibility index (Phi) is 9.65. The minimum Gasteiger partial charge on any atom is -0.368 e. The lowest BCUT2D eigenvalue weighted by Crippen LogP contribution is -2.29. The monoisotopic (exact) mass is 540 g/mol. The Morgan fingerprint density at radius 3 is 2.37 bits per heavy atom. The highest BCUT2D eigenvalue weighted by Gasteiger charge is 2.18. The van der Waals surface area contributed by atoms with Gasteiger partial charge in [0, 0.05) is 34.5 Å². The highest BCUT2D eigenvalue weighted by Crippen LogP contribution is 2.32. The van der Waals surface area contributed by atoms with E-state index in [0.29, 0.717) is 33.1 Å². The molecule has 5 rings (SSSR count). The van der Waals surface area contributed by atoms with Crippen LogP contribution in [0.4, 0.5) is 16.0 Å². The van der Waals surface area contributed by atoms with Gasteiger partial charge >= 0.3 is 0 Å². The number of nitrogens with two attached hydrogens (primary N) is 1. The van der Waals surface area contributed by atoms with Crippen molar-refractivity contribution in [2.45, 2.75) is 89.0 Å². The van der Waals surface area contributed by atoms with Crippen LogP contribution in [0.5, 0.6) is 0 Å². The van der Waals surface area contributed by atoms with Gasteiger partial charge in [0.25, 0.3) is 5.56 Å². The highest BCUT2D eigenvalue weighted by molar-refractivity contribution is 8.01. The van der Waals surface area contributed by atoms with E-state index in [-0.39, 0.29) is 23.4 Å². The maximum atomic E-state index is 14.7. The molecule has 2 aliphatic carbocycles. The lowest BCUT2D eigenvalue weighted by molar-refractivity contribution is 0.229. The second-order valence-electron chi connectivity index (χ2n) is 10.9. The summed E-state index contributed by atoms with van der Waals surface area (Å²) >= 11 is 1.58. The Morgan fingerprint density at radius 1 is 1.08 bits per heavy atom. The number of nitrogen functional groups attached to an aromatic ring is 1. The van der Waals surface area contributed by atoms with Crippen molar-refractivity contribution in [3.05, 3.63) is 46.6 Å². The summed E-state index contributed by atoms with van der Waals surface area (Å²) < 4.78 is 19.5. The molecule has 7 nitrogen and oxygen atoms in total. The smallest absolute Gasteiger partial charge is 0.260 e. The van der Waals surface area contributed by atoms with Crippen molar-refractivity contribution < 1.29 is 4.39 Å². The molecule has 206 valence electrons. The maximum Gasteiger partial charge on any atom is 0.260 e. The maximum absolute atomic E-state index is 14.7. The first-order valence-corrected chi connectivity index (χ1v) is 14.7. The Morgan fingerprint density at radius 2 is 1.76 bits per heavy atom. The quantitative estimate of drug-likeness (QED) is 0.339. The fourth-order valence-corrected chi connectivity index (χ4v) is 6.36. The number of hydrogen-bond acceptors (Lipinski definition) is 7. The van der Waals surface area contributed by atoms with Crippen LogP contribution in [0.15, 0.2) is 35.3 Å². The first-order valence-electron chi connectivity index (χ1n) is 13.8. The van der Waals surface area contributed by atoms with Gasteiger partial charge < -0.3 is 15.4 Å². The summed E-state index contributed by atoms with van der Waals surface area (Å²) in [6.45, 7) is 3.80. The third-order valence-corrected chi connectivity index (χ3v) is 8.67. The number of hydrogen-bond donors (Lipinski definition) is 2. The first kappa shape index (κ1) is 28.4. The molecule has 0 radical (unpaired) electrons. The molecule has 0 spiro atoms. The molecule has 2 aromatic heterocycles. The molecule has 2 saturated carbocycles. The van der Waals surface area contributed by atoms with Gasteiger partial charge in [-0.25, -0.2) is 9.37 Å². The minimum atomic E-state index is -0.378. The predicted molar refractivity (Wildman–Crippen MR) is 158 cm³/mol. The van der Waals surface area contributed by atoms with E-state index >= 15 is 0 Å². The van der Waals surface area contributed by atoms with Crippen LogP contribution in [0, 0.1) is 5.82 Å². The average molecular weight is 541 g/mol. The van der Waals surface area contributed by atoms with Gasteiger partial charge in [-0.1, -0.05) is 38.2 Å². The van der Waals surface area contributed by atoms with Gasteiger partial charge in [0.15, 0.2) is 0 Å². The SMILES string of the molecule is CC(C)n1c(=O)c(-c2ccc(NSC3CCCC3)c(F)c2)cc2cnc(N)nc21.CN(C)C1CCCCC1. The molecule has 0 amide bonds. The number of rotatable bonds is 6. The highest BCUT2D eigenvalue weighted by atomic mass is 32.2. The number of nitrogens with one attached hydrogen (secondary N) is 1. The van der Waals surface area contributed by atoms with Crippen molar-refractivity contribution in [3.63, 3.8) is 0 Å². The first-order chi connectivity index (χ1) is 18.2. The molecule has 0 aliphatic heterocycles. The Balaban J connectivity index is 0.000000317. The molecule has 2 heterocycles. The predicted octanol–water partition coefficient (Wildman–Crippen LogP) is 6.64. The molecule has 0 unspecified atom stereocenters. The van der Waals surface area contributed by atoms with Crippen LogP contribution in [-0.2, 0) is 0 Å². The molecule has 38 heavy (non-hydrogen) atoms. The van der Waals surface area contributed by atoms with Crippen molar-refractivity contribution >= 4 is 34.6 Å². The normalized spacial score (nSPS) is 16.7. The number of anilines is 2. The van der Waals surface area contributed by atoms with Gasteiger partial charge in [0.1, 0.15) is 11.5 Å². The van der Waals surface area contributed by atoms with Crippen molar-refractivity contribution in [2.24, 2.45) is 0 Å². The number of nitrogens with zero attached hydrogens (tertiary/aromatic N) is 4. The Hall–Kier alpha value is -2.65. The van der Waals surface area contributed by atoms with E-state index in [1.807, 2.05) is 13.8 Å². The van der Waals surface area contributed by atoms with Gasteiger partial charge in [0.2, 0.25) is 5.95 Å². The fraction of sp³-hybridized carbons (Fsp3) is 0.552. The minimum absolute atomic E-state index is 0.111. The third-order valence-electron chi connectivity index (χ3n) is 7.53. The second-order valence-corrected chi connectivity index (χ2v) is 12.0. The van der Waals surface area contributed by atoms with Crippen molar-refractivity contribution in [1.82, 2.24) is 19.4 Å². The lowest BCUT2D eigenvalue weighted by atomic mass is 9.95. The van der Waals surface area contributed by atoms with Crippen LogP contribution >= 0.6 is 11.9 Å². The van der Waals surface area contributed by atoms with Crippen molar-refractivity contribution in [2.75, 3.05) is 24.6 Å². The Bertz CT molecular complexity index is 1280. The molecular weight excluding hydrogens is 499 g/mol. The summed E-state index contributed by atoms with van der Waals surface area (Å²) in [7, 11) is 4.38. The molecule has 3 aromatic rings. The van der Waals surface area contributed by atoms with Gasteiger partial charge in [-0.2, -0.15) is 4.98 Å². The van der Waals surface area contributed by atoms with Crippen molar-refractivity contribution in [3.8, 4) is 11.1 Å². The van der Waals surface area contributed by atoms with Crippen LogP contribution in [0.2, 0.25) is 0 Å². The van der Waals surface area contributed by atoms with E-state index in [4.69, 9.17) is 5.73 Å². The fourth-order valence-electron chi connectivity index (χ4n) is 5.34. The summed E-state index contributed by atoms with van der Waals surface area (Å²) in [5.41, 5.74) is 7.33. The summed E-state index contributed by atoms with van der Waals surface area (Å²) in [4.78, 5) is 23.8. The molecule has 0 bridgehead atoms. The summed E-state index contributed by atoms with van der Waals surface area (Å²) in [6, 6.07) is 7.32. The molecule has 9 heteroatoms. The van der Waals surface area contributed by atoms with Crippen molar-refractivity contribution in [1.29, 1.82) is 0 Å². The number of pyridine rings is 1. The van der Waals surface area contributed by atoms with Crippen LogP contribution in [0.3, 0.4) is 0 Å². The van der Waals surface area contributed by atoms with E-state index in [1.54, 1.807) is 40.9 Å². The van der Waals surface area contributed by atoms with Gasteiger partial charge in [-0.05, 0) is 89.3 Å². The van der Waals surface area contributed by atoms with E-state index < -0.39 is 0 Å².